The van der Waals surface area contributed by atoms with E-state index in [1.165, 1.54) is 0 Å². The summed E-state index contributed by atoms with van der Waals surface area (Å²) < 4.78 is 4.97. The third kappa shape index (κ3) is 7.77. The van der Waals surface area contributed by atoms with Gasteiger partial charge in [0, 0.05) is 20.3 Å². The number of rotatable bonds is 8. The largest absolute Gasteiger partial charge is 0.385 e. The van der Waals surface area contributed by atoms with Gasteiger partial charge in [-0.25, -0.2) is 0 Å². The minimum Gasteiger partial charge on any atom is -0.385 e. The van der Waals surface area contributed by atoms with Gasteiger partial charge in [-0.3, -0.25) is 0 Å². The second-order valence-electron chi connectivity index (χ2n) is 2.78. The zero-order chi connectivity index (χ0) is 9.94. The Morgan fingerprint density at radius 3 is 2.85 bits per heavy atom. The van der Waals surface area contributed by atoms with E-state index in [0.29, 0.717) is 12.7 Å². The molecule has 0 aromatic carbocycles. The summed E-state index contributed by atoms with van der Waals surface area (Å²) in [4.78, 5) is 0. The molecular weight excluding hydrogens is 166 g/mol. The Bertz CT molecular complexity index is 128. The van der Waals surface area contributed by atoms with Crippen molar-refractivity contribution in [2.24, 2.45) is 5.73 Å². The lowest BCUT2D eigenvalue weighted by Gasteiger charge is -2.15. The van der Waals surface area contributed by atoms with Crippen LogP contribution in [0.2, 0.25) is 0 Å². The molecule has 78 valence electrons. The van der Waals surface area contributed by atoms with E-state index >= 15 is 0 Å². The predicted octanol–water partition coefficient (Wildman–Crippen LogP) is 0.0205. The lowest BCUT2D eigenvalue weighted by Crippen LogP contribution is -2.37. The Morgan fingerprint density at radius 1 is 1.54 bits per heavy atom. The Hall–Kier alpha value is -0.580. The highest BCUT2D eigenvalue weighted by Gasteiger charge is 2.00. The third-order valence-corrected chi connectivity index (χ3v) is 1.74. The minimum absolute atomic E-state index is 0.304. The Kier molecular flexibility index (Phi) is 9.08. The monoisotopic (exact) mass is 187 g/mol. The lowest BCUT2D eigenvalue weighted by atomic mass is 10.2. The van der Waals surface area contributed by atoms with E-state index in [1.54, 1.807) is 7.11 Å². The highest BCUT2D eigenvalue weighted by Crippen LogP contribution is 1.93. The normalized spacial score (nSPS) is 13.5. The molecule has 4 N–H and O–H groups in total. The van der Waals surface area contributed by atoms with Crippen molar-refractivity contribution in [2.75, 3.05) is 27.3 Å². The average Bonchev–Trinajstić information content (AvgIpc) is 2.16. The van der Waals surface area contributed by atoms with E-state index < -0.39 is 0 Å². The fourth-order valence-corrected chi connectivity index (χ4v) is 0.995. The van der Waals surface area contributed by atoms with Crippen LogP contribution in [0.1, 0.15) is 12.8 Å². The molecule has 0 aromatic heterocycles. The Labute approximate surface area is 80.5 Å². The molecule has 0 bridgehead atoms. The van der Waals surface area contributed by atoms with Crippen LogP contribution in [-0.4, -0.2) is 33.5 Å². The van der Waals surface area contributed by atoms with E-state index in [-0.39, 0.29) is 0 Å². The molecule has 0 aromatic rings. The molecule has 0 fully saturated rings. The van der Waals surface area contributed by atoms with Crippen molar-refractivity contribution in [3.63, 3.8) is 0 Å². The van der Waals surface area contributed by atoms with Crippen molar-refractivity contribution in [3.05, 3.63) is 12.3 Å². The van der Waals surface area contributed by atoms with Gasteiger partial charge in [0.1, 0.15) is 0 Å². The van der Waals surface area contributed by atoms with E-state index in [9.17, 15) is 0 Å². The van der Waals surface area contributed by atoms with Crippen LogP contribution in [0.5, 0.6) is 0 Å². The maximum absolute atomic E-state index is 5.31. The van der Waals surface area contributed by atoms with Gasteiger partial charge in [-0.15, -0.1) is 0 Å². The van der Waals surface area contributed by atoms with Crippen LogP contribution in [0, 0.1) is 0 Å². The molecular formula is C9H21N3O. The smallest absolute Gasteiger partial charge is 0.0761 e. The molecule has 0 heterocycles. The van der Waals surface area contributed by atoms with Gasteiger partial charge in [-0.2, -0.15) is 0 Å². The second kappa shape index (κ2) is 9.51. The predicted molar refractivity (Wildman–Crippen MR) is 55.3 cm³/mol. The van der Waals surface area contributed by atoms with Gasteiger partial charge in [0.2, 0.25) is 0 Å². The number of nitrogens with two attached hydrogens (primary N) is 1. The molecule has 0 aliphatic carbocycles. The van der Waals surface area contributed by atoms with Crippen LogP contribution in [0.4, 0.5) is 0 Å². The molecule has 0 spiro atoms. The summed E-state index contributed by atoms with van der Waals surface area (Å²) in [5.74, 6) is 0. The van der Waals surface area contributed by atoms with Crippen LogP contribution < -0.4 is 16.4 Å². The standard InChI is InChI=1S/C9H21N3O/c1-11-9(5-3-8-13-2)12-7-4-6-10/h4,7,9,11-12H,3,5-6,8,10H2,1-2H3/b7-4-/t9-/m1/s1. The van der Waals surface area contributed by atoms with E-state index in [4.69, 9.17) is 10.5 Å². The maximum Gasteiger partial charge on any atom is 0.0761 e. The Balaban J connectivity index is 3.45. The van der Waals surface area contributed by atoms with E-state index in [0.717, 1.165) is 19.4 Å². The third-order valence-electron chi connectivity index (χ3n) is 1.74. The highest BCUT2D eigenvalue weighted by atomic mass is 16.5. The number of methoxy groups -OCH3 is 1. The number of nitrogens with one attached hydrogen (secondary N) is 2. The topological polar surface area (TPSA) is 59.3 Å². The molecule has 4 nitrogen and oxygen atoms in total. The van der Waals surface area contributed by atoms with Crippen molar-refractivity contribution in [1.82, 2.24) is 10.6 Å². The van der Waals surface area contributed by atoms with Gasteiger partial charge in [0.15, 0.2) is 0 Å². The molecule has 13 heavy (non-hydrogen) atoms. The quantitative estimate of drug-likeness (QED) is 0.370. The molecule has 4 heteroatoms. The summed E-state index contributed by atoms with van der Waals surface area (Å²) in [5, 5.41) is 6.36. The van der Waals surface area contributed by atoms with Gasteiger partial charge in [0.05, 0.1) is 6.17 Å². The molecule has 0 saturated heterocycles. The molecule has 0 unspecified atom stereocenters. The van der Waals surface area contributed by atoms with Gasteiger partial charge < -0.3 is 21.1 Å². The fourth-order valence-electron chi connectivity index (χ4n) is 0.995. The molecule has 0 aliphatic heterocycles. The van der Waals surface area contributed by atoms with Crippen molar-refractivity contribution < 1.29 is 4.74 Å². The summed E-state index contributed by atoms with van der Waals surface area (Å²) in [6.45, 7) is 1.38. The van der Waals surface area contributed by atoms with E-state index in [1.807, 2.05) is 19.3 Å². The van der Waals surface area contributed by atoms with Crippen LogP contribution in [0.15, 0.2) is 12.3 Å². The first-order valence-electron chi connectivity index (χ1n) is 4.62. The van der Waals surface area contributed by atoms with Crippen LogP contribution in [-0.2, 0) is 4.74 Å². The zero-order valence-electron chi connectivity index (χ0n) is 8.55. The van der Waals surface area contributed by atoms with Crippen LogP contribution >= 0.6 is 0 Å². The number of hydrogen-bond donors (Lipinski definition) is 3. The number of ether oxygens (including phenoxy) is 1. The van der Waals surface area contributed by atoms with Crippen LogP contribution in [0.25, 0.3) is 0 Å². The van der Waals surface area contributed by atoms with Crippen LogP contribution in [0.3, 0.4) is 0 Å². The first-order chi connectivity index (χ1) is 6.35. The Morgan fingerprint density at radius 2 is 2.31 bits per heavy atom. The van der Waals surface area contributed by atoms with Gasteiger partial charge >= 0.3 is 0 Å². The highest BCUT2D eigenvalue weighted by molar-refractivity contribution is 4.82. The zero-order valence-corrected chi connectivity index (χ0v) is 8.55. The molecule has 1 atom stereocenters. The SMILES string of the molecule is CN[C@@H](CCCOC)N/C=C\CN. The van der Waals surface area contributed by atoms with Crippen molar-refractivity contribution in [1.29, 1.82) is 0 Å². The summed E-state index contributed by atoms with van der Waals surface area (Å²) in [5.41, 5.74) is 5.31. The summed E-state index contributed by atoms with van der Waals surface area (Å²) >= 11 is 0. The average molecular weight is 187 g/mol. The van der Waals surface area contributed by atoms with Crippen molar-refractivity contribution >= 4 is 0 Å². The van der Waals surface area contributed by atoms with Crippen molar-refractivity contribution in [3.8, 4) is 0 Å². The lowest BCUT2D eigenvalue weighted by molar-refractivity contribution is 0.188. The second-order valence-corrected chi connectivity index (χ2v) is 2.78. The molecule has 0 radical (unpaired) electrons. The summed E-state index contributed by atoms with van der Waals surface area (Å²) in [6, 6.07) is 0. The van der Waals surface area contributed by atoms with Gasteiger partial charge in [-0.05, 0) is 26.1 Å². The minimum atomic E-state index is 0.304. The maximum atomic E-state index is 5.31. The first kappa shape index (κ1) is 12.4. The number of hydrogen-bond acceptors (Lipinski definition) is 4. The fraction of sp³-hybridized carbons (Fsp3) is 0.778. The van der Waals surface area contributed by atoms with Gasteiger partial charge in [0.25, 0.3) is 0 Å². The molecule has 0 aliphatic rings. The van der Waals surface area contributed by atoms with Crippen molar-refractivity contribution in [2.45, 2.75) is 19.0 Å². The van der Waals surface area contributed by atoms with E-state index in [2.05, 4.69) is 10.6 Å². The first-order valence-corrected chi connectivity index (χ1v) is 4.62. The van der Waals surface area contributed by atoms with Gasteiger partial charge in [-0.1, -0.05) is 6.08 Å². The molecule has 0 amide bonds. The summed E-state index contributed by atoms with van der Waals surface area (Å²) in [6.07, 6.45) is 6.16. The molecule has 0 saturated carbocycles. The molecule has 0 rings (SSSR count). The summed E-state index contributed by atoms with van der Waals surface area (Å²) in [7, 11) is 3.65.